The van der Waals surface area contributed by atoms with Gasteiger partial charge in [-0.15, -0.1) is 0 Å². The molecule has 0 bridgehead atoms. The number of rotatable bonds is 5. The number of nitro benzene ring substituents is 1. The third-order valence-electron chi connectivity index (χ3n) is 3.92. The van der Waals surface area contributed by atoms with E-state index in [2.05, 4.69) is 4.98 Å². The monoisotopic (exact) mass is 328 g/mol. The molecule has 1 aromatic heterocycles. The largest absolute Gasteiger partial charge is 0.363 e. The summed E-state index contributed by atoms with van der Waals surface area (Å²) in [6.45, 7) is 1.84. The highest BCUT2D eigenvalue weighted by atomic mass is 16.6. The van der Waals surface area contributed by atoms with E-state index in [-0.39, 0.29) is 17.6 Å². The summed E-state index contributed by atoms with van der Waals surface area (Å²) < 4.78 is 0. The summed E-state index contributed by atoms with van der Waals surface area (Å²) in [6.07, 6.45) is 1.59. The average Bonchev–Trinajstić information content (AvgIpc) is 2.59. The number of amides is 1. The predicted octanol–water partition coefficient (Wildman–Crippen LogP) is 2.89. The Morgan fingerprint density at radius 2 is 1.92 bits per heavy atom. The Kier molecular flexibility index (Phi) is 5.13. The van der Waals surface area contributed by atoms with E-state index in [1.807, 2.05) is 25.9 Å². The van der Waals surface area contributed by atoms with Crippen LogP contribution in [-0.2, 0) is 0 Å². The number of anilines is 1. The van der Waals surface area contributed by atoms with Crippen molar-refractivity contribution in [3.63, 3.8) is 0 Å². The van der Waals surface area contributed by atoms with E-state index in [0.29, 0.717) is 16.9 Å². The van der Waals surface area contributed by atoms with Crippen molar-refractivity contribution < 1.29 is 9.72 Å². The lowest BCUT2D eigenvalue weighted by Crippen LogP contribution is -2.30. The maximum absolute atomic E-state index is 12.7. The van der Waals surface area contributed by atoms with Gasteiger partial charge in [0.25, 0.3) is 11.6 Å². The van der Waals surface area contributed by atoms with E-state index < -0.39 is 4.92 Å². The van der Waals surface area contributed by atoms with Crippen LogP contribution in [0.1, 0.15) is 28.9 Å². The molecule has 0 saturated heterocycles. The second-order valence-corrected chi connectivity index (χ2v) is 5.74. The molecule has 2 rings (SSSR count). The molecule has 126 valence electrons. The van der Waals surface area contributed by atoms with Crippen molar-refractivity contribution >= 4 is 17.4 Å². The molecule has 1 heterocycles. The topological polar surface area (TPSA) is 79.6 Å². The molecule has 24 heavy (non-hydrogen) atoms. The van der Waals surface area contributed by atoms with Gasteiger partial charge in [0.15, 0.2) is 0 Å². The SMILES string of the molecule is CC(c1cccc([N+](=O)[O-])c1)N(C)C(=O)c1ccnc(N(C)C)c1. The minimum absolute atomic E-state index is 0.0130. The molecule has 0 N–H and O–H groups in total. The molecule has 1 amide bonds. The van der Waals surface area contributed by atoms with Crippen LogP contribution in [0.15, 0.2) is 42.6 Å². The number of nitro groups is 1. The maximum atomic E-state index is 12.7. The summed E-state index contributed by atoms with van der Waals surface area (Å²) in [5.41, 5.74) is 1.24. The zero-order valence-electron chi connectivity index (χ0n) is 14.1. The summed E-state index contributed by atoms with van der Waals surface area (Å²) in [5.74, 6) is 0.525. The summed E-state index contributed by atoms with van der Waals surface area (Å²) in [6, 6.07) is 9.41. The molecule has 7 nitrogen and oxygen atoms in total. The molecule has 0 radical (unpaired) electrons. The second-order valence-electron chi connectivity index (χ2n) is 5.74. The number of nitrogens with zero attached hydrogens (tertiary/aromatic N) is 4. The van der Waals surface area contributed by atoms with Crippen molar-refractivity contribution in [2.45, 2.75) is 13.0 Å². The van der Waals surface area contributed by atoms with Gasteiger partial charge in [-0.05, 0) is 24.6 Å². The molecular formula is C17H20N4O3. The number of carbonyl (C=O) groups excluding carboxylic acids is 1. The second kappa shape index (κ2) is 7.08. The fourth-order valence-corrected chi connectivity index (χ4v) is 2.30. The third-order valence-corrected chi connectivity index (χ3v) is 3.92. The van der Waals surface area contributed by atoms with Gasteiger partial charge < -0.3 is 9.80 Å². The van der Waals surface area contributed by atoms with Gasteiger partial charge >= 0.3 is 0 Å². The molecule has 0 aliphatic heterocycles. The van der Waals surface area contributed by atoms with Gasteiger partial charge in [0.2, 0.25) is 0 Å². The van der Waals surface area contributed by atoms with E-state index >= 15 is 0 Å². The number of non-ortho nitro benzene ring substituents is 1. The van der Waals surface area contributed by atoms with Crippen molar-refractivity contribution in [1.82, 2.24) is 9.88 Å². The maximum Gasteiger partial charge on any atom is 0.269 e. The minimum atomic E-state index is -0.440. The molecule has 1 unspecified atom stereocenters. The van der Waals surface area contributed by atoms with Gasteiger partial charge in [0, 0.05) is 45.0 Å². The first-order chi connectivity index (χ1) is 11.3. The highest BCUT2D eigenvalue weighted by molar-refractivity contribution is 5.95. The Morgan fingerprint density at radius 3 is 2.54 bits per heavy atom. The number of aromatic nitrogens is 1. The Balaban J connectivity index is 2.25. The highest BCUT2D eigenvalue weighted by Gasteiger charge is 2.21. The molecule has 7 heteroatoms. The molecule has 0 saturated carbocycles. The van der Waals surface area contributed by atoms with Crippen LogP contribution < -0.4 is 4.90 Å². The molecule has 0 spiro atoms. The van der Waals surface area contributed by atoms with Gasteiger partial charge in [-0.3, -0.25) is 14.9 Å². The first kappa shape index (κ1) is 17.4. The zero-order valence-corrected chi connectivity index (χ0v) is 14.1. The van der Waals surface area contributed by atoms with Crippen LogP contribution in [-0.4, -0.2) is 41.9 Å². The van der Waals surface area contributed by atoms with Crippen LogP contribution in [0, 0.1) is 10.1 Å². The van der Waals surface area contributed by atoms with Crippen molar-refractivity contribution in [3.8, 4) is 0 Å². The summed E-state index contributed by atoms with van der Waals surface area (Å²) in [7, 11) is 5.39. The summed E-state index contributed by atoms with van der Waals surface area (Å²) in [5, 5.41) is 10.9. The van der Waals surface area contributed by atoms with Crippen molar-refractivity contribution in [2.75, 3.05) is 26.0 Å². The van der Waals surface area contributed by atoms with E-state index in [9.17, 15) is 14.9 Å². The van der Waals surface area contributed by atoms with Crippen LogP contribution in [0.5, 0.6) is 0 Å². The third kappa shape index (κ3) is 3.68. The lowest BCUT2D eigenvalue weighted by atomic mass is 10.1. The number of pyridine rings is 1. The number of hydrogen-bond donors (Lipinski definition) is 0. The van der Waals surface area contributed by atoms with E-state index in [4.69, 9.17) is 0 Å². The molecule has 2 aromatic rings. The van der Waals surface area contributed by atoms with Crippen LogP contribution in [0.25, 0.3) is 0 Å². The summed E-state index contributed by atoms with van der Waals surface area (Å²) >= 11 is 0. The number of hydrogen-bond acceptors (Lipinski definition) is 5. The minimum Gasteiger partial charge on any atom is -0.363 e. The van der Waals surface area contributed by atoms with Crippen LogP contribution in [0.2, 0.25) is 0 Å². The molecule has 0 fully saturated rings. The average molecular weight is 328 g/mol. The van der Waals surface area contributed by atoms with Crippen molar-refractivity contribution in [1.29, 1.82) is 0 Å². The van der Waals surface area contributed by atoms with E-state index in [1.54, 1.807) is 42.4 Å². The molecule has 1 atom stereocenters. The fourth-order valence-electron chi connectivity index (χ4n) is 2.30. The zero-order chi connectivity index (χ0) is 17.9. The van der Waals surface area contributed by atoms with E-state index in [1.165, 1.54) is 12.1 Å². The normalized spacial score (nSPS) is 11.7. The van der Waals surface area contributed by atoms with E-state index in [0.717, 1.165) is 0 Å². The van der Waals surface area contributed by atoms with Crippen molar-refractivity contribution in [2.24, 2.45) is 0 Å². The number of benzene rings is 1. The van der Waals surface area contributed by atoms with Crippen molar-refractivity contribution in [3.05, 3.63) is 63.8 Å². The predicted molar refractivity (Wildman–Crippen MR) is 92.2 cm³/mol. The molecule has 0 aliphatic rings. The molecule has 0 aliphatic carbocycles. The quantitative estimate of drug-likeness (QED) is 0.623. The Bertz CT molecular complexity index is 761. The van der Waals surface area contributed by atoms with Gasteiger partial charge in [0.05, 0.1) is 11.0 Å². The van der Waals surface area contributed by atoms with Gasteiger partial charge in [-0.2, -0.15) is 0 Å². The Labute approximate surface area is 140 Å². The summed E-state index contributed by atoms with van der Waals surface area (Å²) in [4.78, 5) is 30.8. The standard InChI is InChI=1S/C17H20N4O3/c1-12(13-6-5-7-15(10-13)21(23)24)20(4)17(22)14-8-9-18-16(11-14)19(2)3/h5-12H,1-4H3. The fraction of sp³-hybridized carbons (Fsp3) is 0.294. The lowest BCUT2D eigenvalue weighted by molar-refractivity contribution is -0.384. The van der Waals surface area contributed by atoms with Gasteiger partial charge in [0.1, 0.15) is 5.82 Å². The smallest absolute Gasteiger partial charge is 0.269 e. The Hall–Kier alpha value is -2.96. The first-order valence-electron chi connectivity index (χ1n) is 7.46. The van der Waals surface area contributed by atoms with Crippen LogP contribution in [0.4, 0.5) is 11.5 Å². The molecule has 1 aromatic carbocycles. The highest BCUT2D eigenvalue weighted by Crippen LogP contribution is 2.24. The first-order valence-corrected chi connectivity index (χ1v) is 7.46. The van der Waals surface area contributed by atoms with Crippen LogP contribution in [0.3, 0.4) is 0 Å². The van der Waals surface area contributed by atoms with Crippen LogP contribution >= 0.6 is 0 Å². The number of carbonyl (C=O) groups is 1. The lowest BCUT2D eigenvalue weighted by Gasteiger charge is -2.25. The van der Waals surface area contributed by atoms with Gasteiger partial charge in [-0.1, -0.05) is 12.1 Å². The Morgan fingerprint density at radius 1 is 1.21 bits per heavy atom. The molecular weight excluding hydrogens is 308 g/mol. The van der Waals surface area contributed by atoms with Gasteiger partial charge in [-0.25, -0.2) is 4.98 Å².